The molecular weight excluding hydrogens is 168 g/mol. The molecule has 0 saturated carbocycles. The van der Waals surface area contributed by atoms with E-state index < -0.39 is 0 Å². The smallest absolute Gasteiger partial charge is 0.146 e. The van der Waals surface area contributed by atoms with E-state index in [2.05, 4.69) is 15.5 Å². The lowest BCUT2D eigenvalue weighted by atomic mass is 10.4. The second kappa shape index (κ2) is 4.94. The maximum atomic E-state index is 5.09. The summed E-state index contributed by atoms with van der Waals surface area (Å²) in [5, 5.41) is 11.0. The van der Waals surface area contributed by atoms with Gasteiger partial charge in [0.05, 0.1) is 12.6 Å². The van der Waals surface area contributed by atoms with E-state index in [0.717, 1.165) is 18.9 Å². The van der Waals surface area contributed by atoms with Crippen LogP contribution in [0, 0.1) is 0 Å². The number of aryl methyl sites for hydroxylation is 1. The molecule has 0 aliphatic carbocycles. The third-order valence-corrected chi connectivity index (χ3v) is 1.92. The SMILES string of the molecule is COC(C)CNCc1nncn1C. The minimum atomic E-state index is 0.230. The van der Waals surface area contributed by atoms with Gasteiger partial charge in [-0.25, -0.2) is 0 Å². The molecule has 74 valence electrons. The molecule has 1 unspecified atom stereocenters. The second-order valence-corrected chi connectivity index (χ2v) is 3.04. The van der Waals surface area contributed by atoms with Crippen molar-refractivity contribution in [3.8, 4) is 0 Å². The van der Waals surface area contributed by atoms with Gasteiger partial charge in [-0.15, -0.1) is 10.2 Å². The fourth-order valence-electron chi connectivity index (χ4n) is 0.938. The van der Waals surface area contributed by atoms with Crippen molar-refractivity contribution >= 4 is 0 Å². The van der Waals surface area contributed by atoms with E-state index in [1.807, 2.05) is 18.5 Å². The highest BCUT2D eigenvalue weighted by Gasteiger charge is 2.01. The molecule has 0 fully saturated rings. The van der Waals surface area contributed by atoms with Gasteiger partial charge >= 0.3 is 0 Å². The average Bonchev–Trinajstić information content (AvgIpc) is 2.52. The van der Waals surface area contributed by atoms with Crippen LogP contribution in [0.1, 0.15) is 12.7 Å². The Bertz CT molecular complexity index is 248. The summed E-state index contributed by atoms with van der Waals surface area (Å²) in [4.78, 5) is 0. The molecule has 0 bridgehead atoms. The maximum absolute atomic E-state index is 5.09. The van der Waals surface area contributed by atoms with Crippen LogP contribution < -0.4 is 5.32 Å². The molecule has 0 aliphatic rings. The number of rotatable bonds is 5. The van der Waals surface area contributed by atoms with Gasteiger partial charge in [-0.2, -0.15) is 0 Å². The van der Waals surface area contributed by atoms with Crippen LogP contribution >= 0.6 is 0 Å². The summed E-state index contributed by atoms with van der Waals surface area (Å²) in [6, 6.07) is 0. The molecule has 1 aromatic heterocycles. The number of methoxy groups -OCH3 is 1. The van der Waals surface area contributed by atoms with Crippen LogP contribution in [-0.4, -0.2) is 34.5 Å². The van der Waals surface area contributed by atoms with Crippen molar-refractivity contribution in [3.05, 3.63) is 12.2 Å². The highest BCUT2D eigenvalue weighted by Crippen LogP contribution is 1.91. The van der Waals surface area contributed by atoms with E-state index in [1.165, 1.54) is 0 Å². The number of nitrogens with zero attached hydrogens (tertiary/aromatic N) is 3. The summed E-state index contributed by atoms with van der Waals surface area (Å²) in [5.41, 5.74) is 0. The Morgan fingerprint density at radius 3 is 3.00 bits per heavy atom. The van der Waals surface area contributed by atoms with E-state index in [4.69, 9.17) is 4.74 Å². The number of hydrogen-bond donors (Lipinski definition) is 1. The quantitative estimate of drug-likeness (QED) is 0.696. The van der Waals surface area contributed by atoms with Crippen LogP contribution in [0.2, 0.25) is 0 Å². The van der Waals surface area contributed by atoms with Crippen LogP contribution in [0.5, 0.6) is 0 Å². The van der Waals surface area contributed by atoms with Gasteiger partial charge in [0.1, 0.15) is 12.2 Å². The van der Waals surface area contributed by atoms with Crippen molar-refractivity contribution in [2.75, 3.05) is 13.7 Å². The normalized spacial score (nSPS) is 13.2. The second-order valence-electron chi connectivity index (χ2n) is 3.04. The molecule has 1 N–H and O–H groups in total. The van der Waals surface area contributed by atoms with Crippen LogP contribution in [0.25, 0.3) is 0 Å². The number of ether oxygens (including phenoxy) is 1. The minimum Gasteiger partial charge on any atom is -0.380 e. The van der Waals surface area contributed by atoms with Gasteiger partial charge in [-0.05, 0) is 6.92 Å². The van der Waals surface area contributed by atoms with E-state index in [9.17, 15) is 0 Å². The van der Waals surface area contributed by atoms with Crippen molar-refractivity contribution in [3.63, 3.8) is 0 Å². The van der Waals surface area contributed by atoms with Crippen molar-refractivity contribution < 1.29 is 4.74 Å². The van der Waals surface area contributed by atoms with Gasteiger partial charge in [0.25, 0.3) is 0 Å². The van der Waals surface area contributed by atoms with Crippen LogP contribution in [-0.2, 0) is 18.3 Å². The van der Waals surface area contributed by atoms with Crippen molar-refractivity contribution in [1.82, 2.24) is 20.1 Å². The zero-order valence-electron chi connectivity index (χ0n) is 8.32. The molecule has 1 aromatic rings. The Hall–Kier alpha value is -0.940. The topological polar surface area (TPSA) is 52.0 Å². The van der Waals surface area contributed by atoms with Gasteiger partial charge in [0, 0.05) is 20.7 Å². The van der Waals surface area contributed by atoms with Crippen molar-refractivity contribution in [2.45, 2.75) is 19.6 Å². The number of hydrogen-bond acceptors (Lipinski definition) is 4. The molecule has 13 heavy (non-hydrogen) atoms. The molecule has 1 atom stereocenters. The summed E-state index contributed by atoms with van der Waals surface area (Å²) in [5.74, 6) is 0.934. The fourth-order valence-corrected chi connectivity index (χ4v) is 0.938. The molecule has 5 nitrogen and oxygen atoms in total. The maximum Gasteiger partial charge on any atom is 0.146 e. The van der Waals surface area contributed by atoms with Gasteiger partial charge in [0.2, 0.25) is 0 Å². The Kier molecular flexibility index (Phi) is 3.85. The summed E-state index contributed by atoms with van der Waals surface area (Å²) >= 11 is 0. The number of nitrogens with one attached hydrogen (secondary N) is 1. The molecular formula is C8H16N4O. The van der Waals surface area contributed by atoms with Gasteiger partial charge < -0.3 is 14.6 Å². The summed E-state index contributed by atoms with van der Waals surface area (Å²) in [6.07, 6.45) is 1.92. The van der Waals surface area contributed by atoms with Crippen molar-refractivity contribution in [1.29, 1.82) is 0 Å². The molecule has 1 rings (SSSR count). The molecule has 1 heterocycles. The third-order valence-electron chi connectivity index (χ3n) is 1.92. The molecule has 0 saturated heterocycles. The monoisotopic (exact) mass is 184 g/mol. The summed E-state index contributed by atoms with van der Waals surface area (Å²) in [7, 11) is 3.63. The van der Waals surface area contributed by atoms with E-state index in [1.54, 1.807) is 13.4 Å². The fraction of sp³-hybridized carbons (Fsp3) is 0.750. The molecule has 5 heteroatoms. The first-order valence-corrected chi connectivity index (χ1v) is 4.30. The van der Waals surface area contributed by atoms with Crippen LogP contribution in [0.15, 0.2) is 6.33 Å². The van der Waals surface area contributed by atoms with E-state index >= 15 is 0 Å². The first-order chi connectivity index (χ1) is 6.24. The van der Waals surface area contributed by atoms with Gasteiger partial charge in [-0.3, -0.25) is 0 Å². The molecule has 0 radical (unpaired) electrons. The zero-order valence-corrected chi connectivity index (χ0v) is 8.32. The van der Waals surface area contributed by atoms with Crippen LogP contribution in [0.4, 0.5) is 0 Å². The highest BCUT2D eigenvalue weighted by molar-refractivity contribution is 4.83. The average molecular weight is 184 g/mol. The molecule has 0 aliphatic heterocycles. The first-order valence-electron chi connectivity index (χ1n) is 4.30. The van der Waals surface area contributed by atoms with E-state index in [0.29, 0.717) is 0 Å². The molecule has 0 amide bonds. The first kappa shape index (κ1) is 10.1. The zero-order chi connectivity index (χ0) is 9.68. The Morgan fingerprint density at radius 2 is 2.46 bits per heavy atom. The third kappa shape index (κ3) is 3.12. The van der Waals surface area contributed by atoms with E-state index in [-0.39, 0.29) is 6.10 Å². The Balaban J connectivity index is 2.24. The largest absolute Gasteiger partial charge is 0.380 e. The Labute approximate surface area is 78.1 Å². The summed E-state index contributed by atoms with van der Waals surface area (Å²) in [6.45, 7) is 3.57. The molecule has 0 aromatic carbocycles. The van der Waals surface area contributed by atoms with Crippen LogP contribution in [0.3, 0.4) is 0 Å². The number of aromatic nitrogens is 3. The lowest BCUT2D eigenvalue weighted by Gasteiger charge is -2.09. The molecule has 0 spiro atoms. The van der Waals surface area contributed by atoms with Gasteiger partial charge in [0.15, 0.2) is 0 Å². The predicted octanol–water partition coefficient (Wildman–Crippen LogP) is -0.0604. The standard InChI is InChI=1S/C8H16N4O/c1-7(13-3)4-9-5-8-11-10-6-12(8)2/h6-7,9H,4-5H2,1-3H3. The van der Waals surface area contributed by atoms with Gasteiger partial charge in [-0.1, -0.05) is 0 Å². The lowest BCUT2D eigenvalue weighted by Crippen LogP contribution is -2.26. The summed E-state index contributed by atoms with van der Waals surface area (Å²) < 4.78 is 6.99. The highest BCUT2D eigenvalue weighted by atomic mass is 16.5. The Morgan fingerprint density at radius 1 is 1.69 bits per heavy atom. The predicted molar refractivity (Wildman–Crippen MR) is 49.2 cm³/mol. The van der Waals surface area contributed by atoms with Crippen molar-refractivity contribution in [2.24, 2.45) is 7.05 Å². The lowest BCUT2D eigenvalue weighted by molar-refractivity contribution is 0.117. The minimum absolute atomic E-state index is 0.230.